The van der Waals surface area contributed by atoms with Crippen LogP contribution in [0.5, 0.6) is 0 Å². The fourth-order valence-corrected chi connectivity index (χ4v) is 0.664. The number of aliphatic hydroxyl groups is 3. The number of rotatable bonds is 5. The molecule has 5 nitrogen and oxygen atoms in total. The third kappa shape index (κ3) is 4.62. The molecule has 76 valence electrons. The minimum atomic E-state index is -1.22. The van der Waals surface area contributed by atoms with Crippen molar-refractivity contribution in [2.24, 2.45) is 0 Å². The van der Waals surface area contributed by atoms with Crippen molar-refractivity contribution in [2.45, 2.75) is 25.6 Å². The van der Waals surface area contributed by atoms with E-state index >= 15 is 0 Å². The molecule has 0 aliphatic heterocycles. The first-order valence-electron chi connectivity index (χ1n) is 3.86. The Morgan fingerprint density at radius 3 is 2.31 bits per heavy atom. The van der Waals surface area contributed by atoms with Gasteiger partial charge in [-0.05, 0) is 13.3 Å². The average molecular weight is 190 g/mol. The molecular formula is C8H14O5. The zero-order chi connectivity index (χ0) is 10.4. The zero-order valence-electron chi connectivity index (χ0n) is 7.34. The second-order valence-electron chi connectivity index (χ2n) is 2.75. The van der Waals surface area contributed by atoms with Gasteiger partial charge in [0.05, 0.1) is 12.7 Å². The number of carboxylic acids is 1. The number of carboxylic acid groups (broad SMARTS) is 1. The van der Waals surface area contributed by atoms with E-state index in [9.17, 15) is 4.79 Å². The second kappa shape index (κ2) is 5.69. The van der Waals surface area contributed by atoms with Crippen molar-refractivity contribution in [3.05, 3.63) is 11.6 Å². The van der Waals surface area contributed by atoms with Gasteiger partial charge in [-0.1, -0.05) is 6.08 Å². The van der Waals surface area contributed by atoms with Crippen molar-refractivity contribution in [3.8, 4) is 0 Å². The van der Waals surface area contributed by atoms with Gasteiger partial charge >= 0.3 is 5.97 Å². The van der Waals surface area contributed by atoms with Crippen LogP contribution in [0.25, 0.3) is 0 Å². The number of aliphatic hydroxyl groups excluding tert-OH is 3. The minimum absolute atomic E-state index is 0.0137. The summed E-state index contributed by atoms with van der Waals surface area (Å²) in [5.41, 5.74) is 0.101. The van der Waals surface area contributed by atoms with E-state index in [4.69, 9.17) is 20.4 Å². The lowest BCUT2D eigenvalue weighted by Crippen LogP contribution is -2.28. The Bertz CT molecular complexity index is 199. The van der Waals surface area contributed by atoms with Gasteiger partial charge in [-0.25, -0.2) is 4.79 Å². The first-order chi connectivity index (χ1) is 5.99. The van der Waals surface area contributed by atoms with E-state index in [1.165, 1.54) is 13.0 Å². The first-order valence-corrected chi connectivity index (χ1v) is 3.86. The molecule has 0 aliphatic carbocycles. The maximum Gasteiger partial charge on any atom is 0.330 e. The first kappa shape index (κ1) is 12.1. The lowest BCUT2D eigenvalue weighted by molar-refractivity contribution is -0.132. The number of hydrogen-bond acceptors (Lipinski definition) is 4. The minimum Gasteiger partial charge on any atom is -0.478 e. The van der Waals surface area contributed by atoms with Gasteiger partial charge in [0.2, 0.25) is 0 Å². The molecule has 0 aromatic heterocycles. The number of carbonyl (C=O) groups is 1. The Morgan fingerprint density at radius 1 is 1.38 bits per heavy atom. The van der Waals surface area contributed by atoms with E-state index in [0.717, 1.165) is 0 Å². The van der Waals surface area contributed by atoms with Gasteiger partial charge in [0.1, 0.15) is 6.10 Å². The molecule has 0 saturated carbocycles. The summed E-state index contributed by atoms with van der Waals surface area (Å²) >= 11 is 0. The van der Waals surface area contributed by atoms with Gasteiger partial charge in [0, 0.05) is 5.57 Å². The monoisotopic (exact) mass is 190 g/mol. The van der Waals surface area contributed by atoms with E-state index in [0.29, 0.717) is 0 Å². The molecule has 0 radical (unpaired) electrons. The van der Waals surface area contributed by atoms with Gasteiger partial charge in [-0.2, -0.15) is 0 Å². The van der Waals surface area contributed by atoms with Crippen molar-refractivity contribution in [1.29, 1.82) is 0 Å². The molecule has 0 amide bonds. The average Bonchev–Trinajstić information content (AvgIpc) is 2.11. The molecular weight excluding hydrogens is 176 g/mol. The van der Waals surface area contributed by atoms with Crippen LogP contribution in [0.15, 0.2) is 11.6 Å². The van der Waals surface area contributed by atoms with Crippen LogP contribution in [0.2, 0.25) is 0 Å². The predicted molar refractivity (Wildman–Crippen MR) is 45.1 cm³/mol. The Balaban J connectivity index is 4.00. The van der Waals surface area contributed by atoms with Gasteiger partial charge < -0.3 is 20.4 Å². The van der Waals surface area contributed by atoms with Crippen molar-refractivity contribution in [3.63, 3.8) is 0 Å². The van der Waals surface area contributed by atoms with Gasteiger partial charge in [0.25, 0.3) is 0 Å². The lowest BCUT2D eigenvalue weighted by atomic mass is 10.1. The maximum atomic E-state index is 10.3. The van der Waals surface area contributed by atoms with Crippen LogP contribution < -0.4 is 0 Å². The molecule has 0 saturated heterocycles. The Kier molecular flexibility index (Phi) is 5.29. The van der Waals surface area contributed by atoms with E-state index in [1.54, 1.807) is 0 Å². The molecule has 0 aliphatic rings. The third-order valence-electron chi connectivity index (χ3n) is 1.63. The van der Waals surface area contributed by atoms with Crippen molar-refractivity contribution in [2.75, 3.05) is 6.61 Å². The van der Waals surface area contributed by atoms with Crippen molar-refractivity contribution < 1.29 is 25.2 Å². The zero-order valence-corrected chi connectivity index (χ0v) is 7.34. The van der Waals surface area contributed by atoms with Gasteiger partial charge in [0.15, 0.2) is 0 Å². The van der Waals surface area contributed by atoms with Crippen LogP contribution in [0.1, 0.15) is 13.3 Å². The summed E-state index contributed by atoms with van der Waals surface area (Å²) in [5, 5.41) is 34.9. The SMILES string of the molecule is C/C(=C\CC(O)C(O)CO)C(=O)O. The molecule has 4 N–H and O–H groups in total. The molecule has 5 heteroatoms. The van der Waals surface area contributed by atoms with Crippen molar-refractivity contribution >= 4 is 5.97 Å². The van der Waals surface area contributed by atoms with Crippen LogP contribution in [0, 0.1) is 0 Å². The van der Waals surface area contributed by atoms with Crippen LogP contribution >= 0.6 is 0 Å². The summed E-state index contributed by atoms with van der Waals surface area (Å²) in [4.78, 5) is 10.3. The molecule has 2 atom stereocenters. The highest BCUT2D eigenvalue weighted by Gasteiger charge is 2.13. The van der Waals surface area contributed by atoms with E-state index in [2.05, 4.69) is 0 Å². The fraction of sp³-hybridized carbons (Fsp3) is 0.625. The van der Waals surface area contributed by atoms with E-state index < -0.39 is 24.8 Å². The highest BCUT2D eigenvalue weighted by atomic mass is 16.4. The van der Waals surface area contributed by atoms with Crippen LogP contribution in [0.3, 0.4) is 0 Å². The van der Waals surface area contributed by atoms with Crippen LogP contribution in [-0.2, 0) is 4.79 Å². The molecule has 0 heterocycles. The van der Waals surface area contributed by atoms with Crippen LogP contribution in [0.4, 0.5) is 0 Å². The molecule has 0 aromatic carbocycles. The second-order valence-corrected chi connectivity index (χ2v) is 2.75. The molecule has 2 unspecified atom stereocenters. The fourth-order valence-electron chi connectivity index (χ4n) is 0.664. The molecule has 13 heavy (non-hydrogen) atoms. The van der Waals surface area contributed by atoms with E-state index in [1.807, 2.05) is 0 Å². The largest absolute Gasteiger partial charge is 0.478 e. The summed E-state index contributed by atoms with van der Waals surface area (Å²) in [6.07, 6.45) is -1.04. The number of hydrogen-bond donors (Lipinski definition) is 4. The van der Waals surface area contributed by atoms with Crippen molar-refractivity contribution in [1.82, 2.24) is 0 Å². The predicted octanol–water partition coefficient (Wildman–Crippen LogP) is -0.879. The highest BCUT2D eigenvalue weighted by Crippen LogP contribution is 2.03. The normalized spacial score (nSPS) is 16.8. The quantitative estimate of drug-likeness (QED) is 0.422. The Labute approximate surface area is 75.9 Å². The highest BCUT2D eigenvalue weighted by molar-refractivity contribution is 5.85. The van der Waals surface area contributed by atoms with E-state index in [-0.39, 0.29) is 12.0 Å². The standard InChI is InChI=1S/C8H14O5/c1-5(8(12)13)2-3-6(10)7(11)4-9/h2,6-7,9-11H,3-4H2,1H3,(H,12,13)/b5-2+. The van der Waals surface area contributed by atoms with Gasteiger partial charge in [-0.15, -0.1) is 0 Å². The summed E-state index contributed by atoms with van der Waals surface area (Å²) in [7, 11) is 0. The molecule has 0 fully saturated rings. The third-order valence-corrected chi connectivity index (χ3v) is 1.63. The molecule has 0 spiro atoms. The Hall–Kier alpha value is -0.910. The van der Waals surface area contributed by atoms with Gasteiger partial charge in [-0.3, -0.25) is 0 Å². The summed E-state index contributed by atoms with van der Waals surface area (Å²) in [6.45, 7) is 0.849. The summed E-state index contributed by atoms with van der Waals surface area (Å²) in [6, 6.07) is 0. The molecule has 0 rings (SSSR count). The van der Waals surface area contributed by atoms with Crippen LogP contribution in [-0.4, -0.2) is 45.2 Å². The number of aliphatic carboxylic acids is 1. The summed E-state index contributed by atoms with van der Waals surface area (Å²) < 4.78 is 0. The smallest absolute Gasteiger partial charge is 0.330 e. The maximum absolute atomic E-state index is 10.3. The topological polar surface area (TPSA) is 98.0 Å². The summed E-state index contributed by atoms with van der Waals surface area (Å²) in [5.74, 6) is -1.06. The Morgan fingerprint density at radius 2 is 1.92 bits per heavy atom. The lowest BCUT2D eigenvalue weighted by Gasteiger charge is -2.13. The molecule has 0 aromatic rings. The molecule has 0 bridgehead atoms.